The molecule has 0 radical (unpaired) electrons. The van der Waals surface area contributed by atoms with E-state index in [0.717, 1.165) is 5.69 Å². The normalized spacial score (nSPS) is 12.4. The third-order valence-corrected chi connectivity index (χ3v) is 5.67. The minimum atomic E-state index is -0.0939. The molecule has 0 fully saturated rings. The van der Waals surface area contributed by atoms with Gasteiger partial charge in [0.1, 0.15) is 0 Å². The van der Waals surface area contributed by atoms with Gasteiger partial charge in [-0.05, 0) is 30.5 Å². The zero-order valence-corrected chi connectivity index (χ0v) is 17.9. The number of nitrogens with one attached hydrogen (secondary N) is 1. The van der Waals surface area contributed by atoms with Crippen LogP contribution in [0.3, 0.4) is 0 Å². The van der Waals surface area contributed by atoms with Gasteiger partial charge in [-0.1, -0.05) is 37.7 Å². The zero-order chi connectivity index (χ0) is 21.1. The predicted molar refractivity (Wildman–Crippen MR) is 115 cm³/mol. The molecule has 3 aromatic rings. The summed E-state index contributed by atoms with van der Waals surface area (Å²) in [5.74, 6) is 2.34. The fraction of sp³-hybridized carbons (Fsp3) is 0.333. The lowest BCUT2D eigenvalue weighted by atomic mass is 10.0. The molecule has 0 saturated heterocycles. The van der Waals surface area contributed by atoms with Crippen LogP contribution in [0.25, 0.3) is 11.5 Å². The smallest absolute Gasteiger partial charge is 0.234 e. The van der Waals surface area contributed by atoms with E-state index in [-0.39, 0.29) is 18.5 Å². The van der Waals surface area contributed by atoms with Crippen molar-refractivity contribution in [3.05, 3.63) is 42.1 Å². The Morgan fingerprint density at radius 3 is 2.93 bits per heavy atom. The number of ether oxygens (including phenoxy) is 2. The van der Waals surface area contributed by atoms with Crippen LogP contribution in [0.1, 0.15) is 32.3 Å². The number of carbonyl (C=O) groups is 1. The molecule has 2 aromatic heterocycles. The van der Waals surface area contributed by atoms with E-state index in [0.29, 0.717) is 40.6 Å². The Balaban J connectivity index is 1.47. The Bertz CT molecular complexity index is 1070. The van der Waals surface area contributed by atoms with Crippen molar-refractivity contribution < 1.29 is 14.3 Å². The van der Waals surface area contributed by atoms with Gasteiger partial charge in [0.15, 0.2) is 28.2 Å². The summed E-state index contributed by atoms with van der Waals surface area (Å²) in [6, 6.07) is 9.67. The molecule has 0 atom stereocenters. The first-order chi connectivity index (χ1) is 14.6. The molecule has 1 amide bonds. The molecule has 8 nitrogen and oxygen atoms in total. The molecule has 3 heterocycles. The van der Waals surface area contributed by atoms with Crippen molar-refractivity contribution in [2.45, 2.75) is 38.4 Å². The highest BCUT2D eigenvalue weighted by molar-refractivity contribution is 7.99. The van der Waals surface area contributed by atoms with E-state index >= 15 is 0 Å². The molecule has 1 aliphatic heterocycles. The minimum Gasteiger partial charge on any atom is -0.453 e. The van der Waals surface area contributed by atoms with Crippen molar-refractivity contribution in [3.63, 3.8) is 0 Å². The number of hydrogen-bond acceptors (Lipinski definition) is 7. The highest BCUT2D eigenvalue weighted by Gasteiger charge is 2.24. The average molecular weight is 426 g/mol. The van der Waals surface area contributed by atoms with Crippen molar-refractivity contribution >= 4 is 23.4 Å². The van der Waals surface area contributed by atoms with Crippen LogP contribution in [0, 0.1) is 0 Å². The quantitative estimate of drug-likeness (QED) is 0.573. The first kappa shape index (κ1) is 20.2. The number of anilines is 1. The van der Waals surface area contributed by atoms with Crippen molar-refractivity contribution in [1.29, 1.82) is 0 Å². The molecule has 4 rings (SSSR count). The number of rotatable bonds is 7. The zero-order valence-electron chi connectivity index (χ0n) is 17.1. The average Bonchev–Trinajstić information content (AvgIpc) is 3.38. The second kappa shape index (κ2) is 8.74. The van der Waals surface area contributed by atoms with E-state index < -0.39 is 0 Å². The Kier molecular flexibility index (Phi) is 5.89. The molecule has 0 bridgehead atoms. The van der Waals surface area contributed by atoms with E-state index in [1.165, 1.54) is 17.3 Å². The summed E-state index contributed by atoms with van der Waals surface area (Å²) >= 11 is 1.34. The highest BCUT2D eigenvalue weighted by atomic mass is 32.2. The van der Waals surface area contributed by atoms with Crippen molar-refractivity contribution in [2.75, 3.05) is 17.9 Å². The molecule has 0 aliphatic carbocycles. The van der Waals surface area contributed by atoms with Crippen LogP contribution in [-0.2, 0) is 11.3 Å². The van der Waals surface area contributed by atoms with Gasteiger partial charge < -0.3 is 19.4 Å². The Hall–Kier alpha value is -3.07. The maximum absolute atomic E-state index is 12.5. The van der Waals surface area contributed by atoms with E-state index in [1.54, 1.807) is 12.3 Å². The third kappa shape index (κ3) is 4.11. The van der Waals surface area contributed by atoms with Crippen LogP contribution in [0.15, 0.2) is 41.7 Å². The third-order valence-electron chi connectivity index (χ3n) is 4.70. The van der Waals surface area contributed by atoms with Gasteiger partial charge in [-0.25, -0.2) is 4.98 Å². The molecule has 0 spiro atoms. The van der Waals surface area contributed by atoms with Gasteiger partial charge in [-0.15, -0.1) is 10.2 Å². The van der Waals surface area contributed by atoms with Gasteiger partial charge >= 0.3 is 0 Å². The number of nitrogens with zero attached hydrogens (tertiary/aromatic N) is 4. The monoisotopic (exact) mass is 425 g/mol. The van der Waals surface area contributed by atoms with Crippen molar-refractivity contribution in [3.8, 4) is 23.0 Å². The Morgan fingerprint density at radius 1 is 1.27 bits per heavy atom. The second-order valence-corrected chi connectivity index (χ2v) is 8.00. The largest absolute Gasteiger partial charge is 0.453 e. The van der Waals surface area contributed by atoms with Crippen LogP contribution in [0.2, 0.25) is 0 Å². The van der Waals surface area contributed by atoms with Gasteiger partial charge in [0.05, 0.1) is 5.75 Å². The maximum Gasteiger partial charge on any atom is 0.234 e. The van der Waals surface area contributed by atoms with Crippen LogP contribution < -0.4 is 14.8 Å². The molecule has 1 aliphatic rings. The van der Waals surface area contributed by atoms with Crippen LogP contribution >= 0.6 is 11.8 Å². The fourth-order valence-corrected chi connectivity index (χ4v) is 3.96. The predicted octanol–water partition coefficient (Wildman–Crippen LogP) is 3.94. The SMILES string of the molecule is CCn1c(SCC(=O)Nc2cccc(C(C)C)c2)nnc1-c1nccc2c1OCO2. The number of hydrogen-bond donors (Lipinski definition) is 1. The molecular weight excluding hydrogens is 402 g/mol. The van der Waals surface area contributed by atoms with E-state index in [1.807, 2.05) is 29.7 Å². The number of thioether (sulfide) groups is 1. The van der Waals surface area contributed by atoms with E-state index in [4.69, 9.17) is 9.47 Å². The molecule has 156 valence electrons. The molecular formula is C21H23N5O3S. The lowest BCUT2D eigenvalue weighted by molar-refractivity contribution is -0.113. The molecule has 30 heavy (non-hydrogen) atoms. The number of fused-ring (bicyclic) bond motifs is 1. The fourth-order valence-electron chi connectivity index (χ4n) is 3.15. The van der Waals surface area contributed by atoms with Crippen LogP contribution in [-0.4, -0.2) is 38.2 Å². The summed E-state index contributed by atoms with van der Waals surface area (Å²) in [6.45, 7) is 7.04. The van der Waals surface area contributed by atoms with Gasteiger partial charge in [-0.2, -0.15) is 0 Å². The van der Waals surface area contributed by atoms with E-state index in [2.05, 4.69) is 40.4 Å². The Labute approximate surface area is 179 Å². The summed E-state index contributed by atoms with van der Waals surface area (Å²) in [5.41, 5.74) is 2.57. The molecule has 1 N–H and O–H groups in total. The number of benzene rings is 1. The van der Waals surface area contributed by atoms with Gasteiger partial charge in [0.25, 0.3) is 0 Å². The van der Waals surface area contributed by atoms with Gasteiger partial charge in [0, 0.05) is 24.5 Å². The highest BCUT2D eigenvalue weighted by Crippen LogP contribution is 2.39. The molecule has 0 unspecified atom stereocenters. The standard InChI is InChI=1S/C21H23N5O3S/c1-4-26-20(18-19-16(8-9-22-18)28-12-29-19)24-25-21(26)30-11-17(27)23-15-7-5-6-14(10-15)13(2)3/h5-10,13H,4,11-12H2,1-3H3,(H,23,27). The lowest BCUT2D eigenvalue weighted by Gasteiger charge is -2.10. The summed E-state index contributed by atoms with van der Waals surface area (Å²) < 4.78 is 12.9. The minimum absolute atomic E-state index is 0.0939. The number of carbonyl (C=O) groups excluding carboxylic acids is 1. The summed E-state index contributed by atoms with van der Waals surface area (Å²) in [4.78, 5) is 16.9. The van der Waals surface area contributed by atoms with Crippen LogP contribution in [0.5, 0.6) is 11.5 Å². The molecule has 0 saturated carbocycles. The molecule has 9 heteroatoms. The lowest BCUT2D eigenvalue weighted by Crippen LogP contribution is -2.15. The number of pyridine rings is 1. The summed E-state index contributed by atoms with van der Waals surface area (Å²) in [7, 11) is 0. The number of aromatic nitrogens is 4. The first-order valence-corrected chi connectivity index (χ1v) is 10.8. The van der Waals surface area contributed by atoms with E-state index in [9.17, 15) is 4.79 Å². The van der Waals surface area contributed by atoms with Crippen LogP contribution in [0.4, 0.5) is 5.69 Å². The number of amides is 1. The summed E-state index contributed by atoms with van der Waals surface area (Å²) in [5, 5.41) is 12.2. The van der Waals surface area contributed by atoms with Crippen molar-refractivity contribution in [1.82, 2.24) is 19.7 Å². The Morgan fingerprint density at radius 2 is 2.13 bits per heavy atom. The van der Waals surface area contributed by atoms with Gasteiger partial charge in [-0.3, -0.25) is 4.79 Å². The van der Waals surface area contributed by atoms with Crippen molar-refractivity contribution in [2.24, 2.45) is 0 Å². The maximum atomic E-state index is 12.5. The molecule has 1 aromatic carbocycles. The second-order valence-electron chi connectivity index (χ2n) is 7.06. The topological polar surface area (TPSA) is 91.2 Å². The summed E-state index contributed by atoms with van der Waals surface area (Å²) in [6.07, 6.45) is 1.66. The first-order valence-electron chi connectivity index (χ1n) is 9.77. The van der Waals surface area contributed by atoms with Gasteiger partial charge in [0.2, 0.25) is 12.7 Å².